The number of hydrogen-bond acceptors (Lipinski definition) is 5. The van der Waals surface area contributed by atoms with Crippen molar-refractivity contribution in [1.82, 2.24) is 0 Å². The van der Waals surface area contributed by atoms with Gasteiger partial charge in [0.2, 0.25) is 0 Å². The predicted octanol–water partition coefficient (Wildman–Crippen LogP) is 5.31. The maximum absolute atomic E-state index is 13.3. The van der Waals surface area contributed by atoms with E-state index in [2.05, 4.69) is 11.9 Å². The number of epoxide rings is 1. The van der Waals surface area contributed by atoms with E-state index in [-0.39, 0.29) is 12.0 Å². The van der Waals surface area contributed by atoms with Gasteiger partial charge < -0.3 is 9.47 Å². The van der Waals surface area contributed by atoms with Crippen LogP contribution in [0.5, 0.6) is 5.75 Å². The van der Waals surface area contributed by atoms with E-state index in [0.717, 1.165) is 29.8 Å². The van der Waals surface area contributed by atoms with Crippen LogP contribution in [0.3, 0.4) is 0 Å². The molecule has 4 rings (SSSR count). The number of para-hydroxylation sites is 1. The minimum Gasteiger partial charge on any atom is -0.489 e. The molecule has 7 heteroatoms. The standard InChI is InChI=1S/C23H23ClN2O3S/c1-3-10-25-23-26(19-7-5-4-6-15(19)2)22(27)21(30-23)12-16-8-9-20(18(24)11-16)29-14-17-13-28-17/h4-9,11-12,17H,3,10,13-14H2,1-2H3/b21-12-,25-23?/t17-/m0/s1. The van der Waals surface area contributed by atoms with Crippen LogP contribution in [0, 0.1) is 6.92 Å². The van der Waals surface area contributed by atoms with Crippen LogP contribution in [0.15, 0.2) is 52.4 Å². The molecule has 0 bridgehead atoms. The van der Waals surface area contributed by atoms with Crippen molar-refractivity contribution in [2.45, 2.75) is 26.4 Å². The quantitative estimate of drug-likeness (QED) is 0.430. The van der Waals surface area contributed by atoms with Crippen LogP contribution < -0.4 is 9.64 Å². The minimum atomic E-state index is -0.0773. The highest BCUT2D eigenvalue weighted by Gasteiger charge is 2.35. The first kappa shape index (κ1) is 21.0. The highest BCUT2D eigenvalue weighted by molar-refractivity contribution is 8.19. The molecule has 0 saturated carbocycles. The number of rotatable bonds is 7. The Morgan fingerprint density at radius 2 is 2.13 bits per heavy atom. The van der Waals surface area contributed by atoms with Crippen molar-refractivity contribution in [2.24, 2.45) is 4.99 Å². The summed E-state index contributed by atoms with van der Waals surface area (Å²) in [7, 11) is 0. The molecule has 2 heterocycles. The van der Waals surface area contributed by atoms with Crippen molar-refractivity contribution < 1.29 is 14.3 Å². The monoisotopic (exact) mass is 442 g/mol. The molecule has 2 aromatic carbocycles. The van der Waals surface area contributed by atoms with Gasteiger partial charge in [0.05, 0.1) is 22.2 Å². The lowest BCUT2D eigenvalue weighted by Crippen LogP contribution is -2.29. The van der Waals surface area contributed by atoms with E-state index in [1.807, 2.05) is 55.5 Å². The lowest BCUT2D eigenvalue weighted by atomic mass is 10.1. The molecule has 2 fully saturated rings. The molecule has 2 aliphatic heterocycles. The molecule has 1 atom stereocenters. The smallest absolute Gasteiger partial charge is 0.271 e. The topological polar surface area (TPSA) is 54.4 Å². The molecular weight excluding hydrogens is 420 g/mol. The fraction of sp³-hybridized carbons (Fsp3) is 0.304. The Bertz CT molecular complexity index is 1020. The predicted molar refractivity (Wildman–Crippen MR) is 124 cm³/mol. The van der Waals surface area contributed by atoms with Crippen LogP contribution in [-0.4, -0.2) is 36.9 Å². The fourth-order valence-corrected chi connectivity index (χ4v) is 4.28. The first-order chi connectivity index (χ1) is 14.6. The lowest BCUT2D eigenvalue weighted by Gasteiger charge is -2.18. The summed E-state index contributed by atoms with van der Waals surface area (Å²) in [6, 6.07) is 13.4. The van der Waals surface area contributed by atoms with E-state index in [0.29, 0.717) is 34.0 Å². The second kappa shape index (κ2) is 9.25. The summed E-state index contributed by atoms with van der Waals surface area (Å²) >= 11 is 7.77. The first-order valence-electron chi connectivity index (χ1n) is 9.95. The van der Waals surface area contributed by atoms with Crippen molar-refractivity contribution in [3.8, 4) is 5.75 Å². The zero-order valence-electron chi connectivity index (χ0n) is 16.9. The molecule has 30 heavy (non-hydrogen) atoms. The molecule has 2 aromatic rings. The fourth-order valence-electron chi connectivity index (χ4n) is 3.04. The molecule has 0 spiro atoms. The van der Waals surface area contributed by atoms with Crippen LogP contribution in [0.1, 0.15) is 24.5 Å². The average molecular weight is 443 g/mol. The zero-order chi connectivity index (χ0) is 21.1. The van der Waals surface area contributed by atoms with E-state index >= 15 is 0 Å². The van der Waals surface area contributed by atoms with Gasteiger partial charge in [-0.1, -0.05) is 42.8 Å². The molecule has 0 unspecified atom stereocenters. The number of amidine groups is 1. The van der Waals surface area contributed by atoms with Crippen molar-refractivity contribution in [3.63, 3.8) is 0 Å². The molecule has 2 aliphatic rings. The number of anilines is 1. The van der Waals surface area contributed by atoms with Gasteiger partial charge >= 0.3 is 0 Å². The van der Waals surface area contributed by atoms with Gasteiger partial charge in [-0.15, -0.1) is 0 Å². The van der Waals surface area contributed by atoms with Crippen LogP contribution in [-0.2, 0) is 9.53 Å². The van der Waals surface area contributed by atoms with Crippen molar-refractivity contribution >= 4 is 46.2 Å². The number of nitrogens with zero attached hydrogens (tertiary/aromatic N) is 2. The normalized spacial score (nSPS) is 21.0. The lowest BCUT2D eigenvalue weighted by molar-refractivity contribution is -0.113. The Hall–Kier alpha value is -2.28. The number of hydrogen-bond donors (Lipinski definition) is 0. The summed E-state index contributed by atoms with van der Waals surface area (Å²) < 4.78 is 10.8. The van der Waals surface area contributed by atoms with Crippen molar-refractivity contribution in [2.75, 3.05) is 24.7 Å². The molecule has 0 aromatic heterocycles. The Balaban J connectivity index is 1.60. The highest BCUT2D eigenvalue weighted by atomic mass is 35.5. The second-order valence-corrected chi connectivity index (χ2v) is 8.57. The van der Waals surface area contributed by atoms with Gasteiger partial charge in [0.1, 0.15) is 18.5 Å². The molecule has 2 saturated heterocycles. The third-order valence-electron chi connectivity index (χ3n) is 4.71. The number of ether oxygens (including phenoxy) is 2. The number of carbonyl (C=O) groups is 1. The van der Waals surface area contributed by atoms with E-state index in [1.54, 1.807) is 4.90 Å². The van der Waals surface area contributed by atoms with Gasteiger partial charge in [-0.2, -0.15) is 0 Å². The van der Waals surface area contributed by atoms with Gasteiger partial charge in [0, 0.05) is 6.54 Å². The summed E-state index contributed by atoms with van der Waals surface area (Å²) in [5.41, 5.74) is 2.73. The van der Waals surface area contributed by atoms with Gasteiger partial charge in [0.25, 0.3) is 5.91 Å². The van der Waals surface area contributed by atoms with Gasteiger partial charge in [-0.3, -0.25) is 14.7 Å². The van der Waals surface area contributed by atoms with Crippen molar-refractivity contribution in [1.29, 1.82) is 0 Å². The second-order valence-electron chi connectivity index (χ2n) is 7.16. The van der Waals surface area contributed by atoms with E-state index in [4.69, 9.17) is 21.1 Å². The molecule has 0 radical (unpaired) electrons. The average Bonchev–Trinajstić information content (AvgIpc) is 3.51. The Labute approximate surface area is 185 Å². The number of aliphatic imine (C=N–C) groups is 1. The van der Waals surface area contributed by atoms with E-state index < -0.39 is 0 Å². The zero-order valence-corrected chi connectivity index (χ0v) is 18.5. The minimum absolute atomic E-state index is 0.0773. The van der Waals surface area contributed by atoms with Gasteiger partial charge in [-0.25, -0.2) is 0 Å². The summed E-state index contributed by atoms with van der Waals surface area (Å²) in [5.74, 6) is 0.540. The molecule has 1 amide bonds. The number of aryl methyl sites for hydroxylation is 1. The van der Waals surface area contributed by atoms with Crippen LogP contribution in [0.4, 0.5) is 5.69 Å². The Morgan fingerprint density at radius 3 is 2.83 bits per heavy atom. The Morgan fingerprint density at radius 1 is 1.33 bits per heavy atom. The van der Waals surface area contributed by atoms with Crippen LogP contribution >= 0.6 is 23.4 Å². The van der Waals surface area contributed by atoms with Gasteiger partial charge in [0.15, 0.2) is 5.17 Å². The number of thioether (sulfide) groups is 1. The first-order valence-corrected chi connectivity index (χ1v) is 11.1. The molecule has 0 aliphatic carbocycles. The van der Waals surface area contributed by atoms with Crippen molar-refractivity contribution in [3.05, 3.63) is 63.5 Å². The molecule has 156 valence electrons. The highest BCUT2D eigenvalue weighted by Crippen LogP contribution is 2.38. The summed E-state index contributed by atoms with van der Waals surface area (Å²) in [4.78, 5) is 20.2. The van der Waals surface area contributed by atoms with E-state index in [9.17, 15) is 4.79 Å². The van der Waals surface area contributed by atoms with Crippen LogP contribution in [0.25, 0.3) is 6.08 Å². The third kappa shape index (κ3) is 4.72. The van der Waals surface area contributed by atoms with Crippen LogP contribution in [0.2, 0.25) is 5.02 Å². The number of carbonyl (C=O) groups excluding carboxylic acids is 1. The summed E-state index contributed by atoms with van der Waals surface area (Å²) in [5, 5.41) is 1.22. The molecular formula is C23H23ClN2O3S. The maximum Gasteiger partial charge on any atom is 0.271 e. The molecule has 5 nitrogen and oxygen atoms in total. The maximum atomic E-state index is 13.3. The number of benzene rings is 2. The summed E-state index contributed by atoms with van der Waals surface area (Å²) in [6.07, 6.45) is 2.94. The van der Waals surface area contributed by atoms with Gasteiger partial charge in [-0.05, 0) is 60.5 Å². The SMILES string of the molecule is CCCN=C1S/C(=C\c2ccc(OC[C@@H]3CO3)c(Cl)c2)C(=O)N1c1ccccc1C. The largest absolute Gasteiger partial charge is 0.489 e. The third-order valence-corrected chi connectivity index (χ3v) is 6.02. The number of halogens is 1. The number of amides is 1. The summed E-state index contributed by atoms with van der Waals surface area (Å²) in [6.45, 7) is 5.98. The van der Waals surface area contributed by atoms with E-state index in [1.165, 1.54) is 11.8 Å². The molecule has 0 N–H and O–H groups in total. The Kier molecular flexibility index (Phi) is 6.46.